The summed E-state index contributed by atoms with van der Waals surface area (Å²) < 4.78 is 13.5. The molecular weight excluding hydrogens is 222 g/mol. The molecule has 88 valence electrons. The Bertz CT molecular complexity index is 390. The van der Waals surface area contributed by atoms with E-state index < -0.39 is 10.8 Å². The van der Waals surface area contributed by atoms with E-state index in [0.29, 0.717) is 12.1 Å². The van der Waals surface area contributed by atoms with Crippen molar-refractivity contribution >= 4 is 16.7 Å². The van der Waals surface area contributed by atoms with Gasteiger partial charge < -0.3 is 9.88 Å². The van der Waals surface area contributed by atoms with Crippen LogP contribution in [0, 0.1) is 0 Å². The molecule has 1 aromatic heterocycles. The Hall–Kier alpha value is -0.840. The number of imidazole rings is 1. The molecule has 5 heteroatoms. The second-order valence-corrected chi connectivity index (χ2v) is 6.35. The molecule has 0 atom stereocenters. The first-order valence-corrected chi connectivity index (χ1v) is 7.46. The molecule has 0 radical (unpaired) electrons. The fraction of sp³-hybridized carbons (Fsp3) is 0.727. The van der Waals surface area contributed by atoms with E-state index in [1.807, 2.05) is 6.20 Å². The van der Waals surface area contributed by atoms with E-state index in [1.54, 1.807) is 0 Å². The number of hydrogen-bond acceptors (Lipinski definition) is 3. The lowest BCUT2D eigenvalue weighted by atomic mass is 10.2. The van der Waals surface area contributed by atoms with Gasteiger partial charge in [0.25, 0.3) is 0 Å². The minimum atomic E-state index is -0.578. The summed E-state index contributed by atoms with van der Waals surface area (Å²) in [5.41, 5.74) is 0. The summed E-state index contributed by atoms with van der Waals surface area (Å²) >= 11 is 0. The summed E-state index contributed by atoms with van der Waals surface area (Å²) in [5, 5.41) is 3.49. The molecule has 1 saturated carbocycles. The van der Waals surface area contributed by atoms with Gasteiger partial charge in [0.05, 0.1) is 0 Å². The second kappa shape index (κ2) is 4.20. The molecule has 1 aliphatic carbocycles. The van der Waals surface area contributed by atoms with E-state index in [4.69, 9.17) is 0 Å². The molecule has 2 heterocycles. The van der Waals surface area contributed by atoms with Gasteiger partial charge in [-0.05, 0) is 25.7 Å². The van der Waals surface area contributed by atoms with Gasteiger partial charge in [-0.3, -0.25) is 4.21 Å². The van der Waals surface area contributed by atoms with Crippen LogP contribution in [0.2, 0.25) is 0 Å². The SMILES string of the molecule is O=S1CCC(Nc2nccn2C2CC2)CC1. The summed E-state index contributed by atoms with van der Waals surface area (Å²) in [4.78, 5) is 4.37. The molecule has 1 saturated heterocycles. The highest BCUT2D eigenvalue weighted by molar-refractivity contribution is 7.85. The van der Waals surface area contributed by atoms with Crippen LogP contribution < -0.4 is 5.32 Å². The molecule has 0 amide bonds. The second-order valence-electron chi connectivity index (χ2n) is 4.66. The molecule has 1 N–H and O–H groups in total. The molecule has 2 aliphatic rings. The lowest BCUT2D eigenvalue weighted by molar-refractivity contribution is 0.613. The van der Waals surface area contributed by atoms with Crippen molar-refractivity contribution < 1.29 is 4.21 Å². The van der Waals surface area contributed by atoms with E-state index in [0.717, 1.165) is 30.3 Å². The molecular formula is C11H17N3OS. The smallest absolute Gasteiger partial charge is 0.203 e. The lowest BCUT2D eigenvalue weighted by Crippen LogP contribution is -2.30. The molecule has 1 aromatic rings. The molecule has 2 fully saturated rings. The van der Waals surface area contributed by atoms with Crippen LogP contribution in [0.15, 0.2) is 12.4 Å². The minimum absolute atomic E-state index is 0.456. The monoisotopic (exact) mass is 239 g/mol. The average molecular weight is 239 g/mol. The van der Waals surface area contributed by atoms with Crippen molar-refractivity contribution in [3.05, 3.63) is 12.4 Å². The average Bonchev–Trinajstić information content (AvgIpc) is 3.03. The Labute approximate surface area is 97.9 Å². The van der Waals surface area contributed by atoms with Crippen molar-refractivity contribution in [3.8, 4) is 0 Å². The van der Waals surface area contributed by atoms with Crippen LogP contribution in [0.1, 0.15) is 31.7 Å². The van der Waals surface area contributed by atoms with Gasteiger partial charge in [-0.2, -0.15) is 0 Å². The first-order valence-electron chi connectivity index (χ1n) is 5.97. The summed E-state index contributed by atoms with van der Waals surface area (Å²) in [6.45, 7) is 0. The quantitative estimate of drug-likeness (QED) is 0.870. The van der Waals surface area contributed by atoms with Crippen LogP contribution in [-0.4, -0.2) is 31.3 Å². The Morgan fingerprint density at radius 2 is 2.06 bits per heavy atom. The van der Waals surface area contributed by atoms with E-state index in [2.05, 4.69) is 21.1 Å². The van der Waals surface area contributed by atoms with Gasteiger partial charge in [0.2, 0.25) is 5.95 Å². The predicted molar refractivity (Wildman–Crippen MR) is 65.0 cm³/mol. The van der Waals surface area contributed by atoms with Crippen LogP contribution in [0.4, 0.5) is 5.95 Å². The van der Waals surface area contributed by atoms with Crippen molar-refractivity contribution in [2.24, 2.45) is 0 Å². The fourth-order valence-corrected chi connectivity index (χ4v) is 3.49. The van der Waals surface area contributed by atoms with Crippen LogP contribution in [0.5, 0.6) is 0 Å². The van der Waals surface area contributed by atoms with Gasteiger partial charge in [0, 0.05) is 46.8 Å². The van der Waals surface area contributed by atoms with Crippen molar-refractivity contribution in [3.63, 3.8) is 0 Å². The predicted octanol–water partition coefficient (Wildman–Crippen LogP) is 1.54. The molecule has 4 nitrogen and oxygen atoms in total. The zero-order chi connectivity index (χ0) is 11.0. The molecule has 0 bridgehead atoms. The van der Waals surface area contributed by atoms with Crippen LogP contribution in [-0.2, 0) is 10.8 Å². The van der Waals surface area contributed by atoms with Crippen LogP contribution in [0.3, 0.4) is 0 Å². The Morgan fingerprint density at radius 1 is 1.31 bits per heavy atom. The van der Waals surface area contributed by atoms with Crippen molar-refractivity contribution in [1.82, 2.24) is 9.55 Å². The molecule has 1 aliphatic heterocycles. The first-order chi connectivity index (χ1) is 7.83. The summed E-state index contributed by atoms with van der Waals surface area (Å²) in [5.74, 6) is 2.67. The van der Waals surface area contributed by atoms with Gasteiger partial charge in [-0.25, -0.2) is 4.98 Å². The van der Waals surface area contributed by atoms with E-state index in [1.165, 1.54) is 12.8 Å². The Kier molecular flexibility index (Phi) is 2.71. The highest BCUT2D eigenvalue weighted by Crippen LogP contribution is 2.37. The number of nitrogens with zero attached hydrogens (tertiary/aromatic N) is 2. The topological polar surface area (TPSA) is 46.9 Å². The highest BCUT2D eigenvalue weighted by atomic mass is 32.2. The third kappa shape index (κ3) is 2.14. The number of hydrogen-bond donors (Lipinski definition) is 1. The van der Waals surface area contributed by atoms with E-state index in [-0.39, 0.29) is 0 Å². The van der Waals surface area contributed by atoms with Crippen molar-refractivity contribution in [2.45, 2.75) is 37.8 Å². The fourth-order valence-electron chi connectivity index (χ4n) is 2.19. The molecule has 3 rings (SSSR count). The van der Waals surface area contributed by atoms with Crippen LogP contribution in [0.25, 0.3) is 0 Å². The largest absolute Gasteiger partial charge is 0.353 e. The Balaban J connectivity index is 1.64. The highest BCUT2D eigenvalue weighted by Gasteiger charge is 2.26. The number of aromatic nitrogens is 2. The third-order valence-electron chi connectivity index (χ3n) is 3.33. The Morgan fingerprint density at radius 3 is 2.75 bits per heavy atom. The molecule has 0 spiro atoms. The summed E-state index contributed by atoms with van der Waals surface area (Å²) in [7, 11) is -0.578. The number of rotatable bonds is 3. The lowest BCUT2D eigenvalue weighted by Gasteiger charge is -2.23. The van der Waals surface area contributed by atoms with Gasteiger partial charge >= 0.3 is 0 Å². The maximum Gasteiger partial charge on any atom is 0.203 e. The van der Waals surface area contributed by atoms with Gasteiger partial charge in [-0.15, -0.1) is 0 Å². The normalized spacial score (nSPS) is 30.2. The first kappa shape index (κ1) is 10.3. The minimum Gasteiger partial charge on any atom is -0.353 e. The van der Waals surface area contributed by atoms with E-state index >= 15 is 0 Å². The number of nitrogens with one attached hydrogen (secondary N) is 1. The van der Waals surface area contributed by atoms with E-state index in [9.17, 15) is 4.21 Å². The molecule has 0 unspecified atom stereocenters. The van der Waals surface area contributed by atoms with Crippen molar-refractivity contribution in [2.75, 3.05) is 16.8 Å². The maximum absolute atomic E-state index is 11.3. The zero-order valence-electron chi connectivity index (χ0n) is 9.26. The molecule has 16 heavy (non-hydrogen) atoms. The maximum atomic E-state index is 11.3. The van der Waals surface area contributed by atoms with Crippen LogP contribution >= 0.6 is 0 Å². The number of anilines is 1. The third-order valence-corrected chi connectivity index (χ3v) is 4.71. The van der Waals surface area contributed by atoms with Gasteiger partial charge in [-0.1, -0.05) is 0 Å². The van der Waals surface area contributed by atoms with Gasteiger partial charge in [0.1, 0.15) is 0 Å². The zero-order valence-corrected chi connectivity index (χ0v) is 10.1. The van der Waals surface area contributed by atoms with Crippen molar-refractivity contribution in [1.29, 1.82) is 0 Å². The van der Waals surface area contributed by atoms with Gasteiger partial charge in [0.15, 0.2) is 0 Å². The standard InChI is InChI=1S/C11H17N3OS/c15-16-7-3-9(4-8-16)13-11-12-5-6-14(11)10-1-2-10/h5-6,9-10H,1-4,7-8H2,(H,12,13). The summed E-state index contributed by atoms with van der Waals surface area (Å²) in [6.07, 6.45) is 8.48. The summed E-state index contributed by atoms with van der Waals surface area (Å²) in [6, 6.07) is 1.13. The molecule has 0 aromatic carbocycles.